The number of ether oxygens (including phenoxy) is 1. The number of nitrogens with two attached hydrogens (primary N) is 1. The average molecular weight is 432 g/mol. The van der Waals surface area contributed by atoms with E-state index >= 15 is 0 Å². The van der Waals surface area contributed by atoms with Gasteiger partial charge in [0.05, 0.1) is 0 Å². The van der Waals surface area contributed by atoms with Crippen molar-refractivity contribution < 1.29 is 31.1 Å². The highest BCUT2D eigenvalue weighted by Gasteiger charge is 2.29. The summed E-state index contributed by atoms with van der Waals surface area (Å²) in [5.41, 5.74) is 5.21. The quantitative estimate of drug-likeness (QED) is 0.684. The van der Waals surface area contributed by atoms with Gasteiger partial charge in [-0.05, 0) is 24.1 Å². The van der Waals surface area contributed by atoms with Crippen molar-refractivity contribution in [2.75, 3.05) is 12.9 Å². The maximum absolute atomic E-state index is 12.4. The molecule has 1 aromatic heterocycles. The molecular weight excluding hydrogens is 413 g/mol. The molecule has 0 radical (unpaired) electrons. The number of amides is 1. The average Bonchev–Trinajstić information content (AvgIpc) is 2.59. The second-order valence-corrected chi connectivity index (χ2v) is 8.58. The molecule has 0 aliphatic rings. The molecule has 1 amide bonds. The highest BCUT2D eigenvalue weighted by molar-refractivity contribution is 7.92. The summed E-state index contributed by atoms with van der Waals surface area (Å²) in [6.07, 6.45) is -2.45. The summed E-state index contributed by atoms with van der Waals surface area (Å²) in [5, 5.41) is -1.43. The lowest BCUT2D eigenvalue weighted by Gasteiger charge is -2.14. The van der Waals surface area contributed by atoms with E-state index in [1.54, 1.807) is 6.07 Å². The number of alkyl halides is 3. The van der Waals surface area contributed by atoms with Crippen LogP contribution in [-0.4, -0.2) is 43.2 Å². The number of para-hydroxylation sites is 1. The smallest absolute Gasteiger partial charge is 0.422 e. The first-order valence-electron chi connectivity index (χ1n) is 8.36. The van der Waals surface area contributed by atoms with Gasteiger partial charge in [0.1, 0.15) is 11.0 Å². The molecule has 0 aliphatic heterocycles. The highest BCUT2D eigenvalue weighted by atomic mass is 32.2. The van der Waals surface area contributed by atoms with Gasteiger partial charge < -0.3 is 15.0 Å². The van der Waals surface area contributed by atoms with Crippen LogP contribution < -0.4 is 16.0 Å². The van der Waals surface area contributed by atoms with Crippen LogP contribution in [0.2, 0.25) is 0 Å². The van der Waals surface area contributed by atoms with Crippen molar-refractivity contribution in [2.45, 2.75) is 24.4 Å². The van der Waals surface area contributed by atoms with E-state index < -0.39 is 39.3 Å². The molecule has 29 heavy (non-hydrogen) atoms. The molecule has 0 aliphatic carbocycles. The lowest BCUT2D eigenvalue weighted by atomic mass is 10.1. The van der Waals surface area contributed by atoms with Crippen LogP contribution in [0.15, 0.2) is 47.4 Å². The Kier molecular flexibility index (Phi) is 6.73. The molecule has 7 nitrogen and oxygen atoms in total. The van der Waals surface area contributed by atoms with Gasteiger partial charge in [-0.1, -0.05) is 18.2 Å². The van der Waals surface area contributed by atoms with Crippen LogP contribution in [0.1, 0.15) is 6.42 Å². The molecule has 2 aromatic rings. The van der Waals surface area contributed by atoms with E-state index in [-0.39, 0.29) is 18.7 Å². The Balaban J connectivity index is 2.24. The minimum Gasteiger partial charge on any atom is -0.483 e. The van der Waals surface area contributed by atoms with Gasteiger partial charge in [-0.3, -0.25) is 9.59 Å². The number of carbonyl (C=O) groups is 1. The van der Waals surface area contributed by atoms with Crippen LogP contribution in [0.4, 0.5) is 13.2 Å². The zero-order chi connectivity index (χ0) is 21.8. The van der Waals surface area contributed by atoms with Crippen LogP contribution in [0.25, 0.3) is 11.1 Å². The predicted octanol–water partition coefficient (Wildman–Crippen LogP) is 1.74. The van der Waals surface area contributed by atoms with E-state index in [4.69, 9.17) is 10.5 Å². The van der Waals surface area contributed by atoms with Crippen molar-refractivity contribution in [3.63, 3.8) is 0 Å². The van der Waals surface area contributed by atoms with Gasteiger partial charge in [-0.25, -0.2) is 8.42 Å². The predicted molar refractivity (Wildman–Crippen MR) is 100 cm³/mol. The molecule has 0 spiro atoms. The Morgan fingerprint density at radius 1 is 1.24 bits per heavy atom. The van der Waals surface area contributed by atoms with Crippen molar-refractivity contribution >= 4 is 15.7 Å². The number of hydrogen-bond donors (Lipinski definition) is 1. The molecule has 1 unspecified atom stereocenters. The maximum atomic E-state index is 12.4. The summed E-state index contributed by atoms with van der Waals surface area (Å²) in [6.45, 7) is -1.55. The lowest BCUT2D eigenvalue weighted by molar-refractivity contribution is -0.153. The zero-order valence-electron chi connectivity index (χ0n) is 15.3. The number of primary amides is 1. The Bertz CT molecular complexity index is 1050. The standard InChI is InChI=1S/C18H19F3N2O5S/c1-29(26,27)15(17(22)25)7-9-23-8-6-12(10-16(23)24)13-4-2-3-5-14(13)28-11-18(19,20)21/h2-6,8,10,15H,7,9,11H2,1H3,(H2,22,25). The molecule has 11 heteroatoms. The van der Waals surface area contributed by atoms with Gasteiger partial charge in [0.25, 0.3) is 5.56 Å². The van der Waals surface area contributed by atoms with Gasteiger partial charge in [-0.2, -0.15) is 13.2 Å². The SMILES string of the molecule is CS(=O)(=O)C(CCn1ccc(-c2ccccc2OCC(F)(F)F)cc1=O)C(N)=O. The number of aromatic nitrogens is 1. The van der Waals surface area contributed by atoms with Crippen LogP contribution >= 0.6 is 0 Å². The fourth-order valence-corrected chi connectivity index (χ4v) is 3.63. The van der Waals surface area contributed by atoms with Crippen molar-refractivity contribution in [1.29, 1.82) is 0 Å². The van der Waals surface area contributed by atoms with Gasteiger partial charge in [-0.15, -0.1) is 0 Å². The number of nitrogens with zero attached hydrogens (tertiary/aromatic N) is 1. The number of aryl methyl sites for hydroxylation is 1. The first-order chi connectivity index (χ1) is 13.4. The summed E-state index contributed by atoms with van der Waals surface area (Å²) >= 11 is 0. The molecule has 2 N–H and O–H groups in total. The molecule has 0 fully saturated rings. The monoisotopic (exact) mass is 432 g/mol. The first kappa shape index (κ1) is 22.5. The lowest BCUT2D eigenvalue weighted by Crippen LogP contribution is -2.36. The van der Waals surface area contributed by atoms with E-state index in [0.29, 0.717) is 11.1 Å². The van der Waals surface area contributed by atoms with Gasteiger partial charge in [0.2, 0.25) is 5.91 Å². The fraction of sp³-hybridized carbons (Fsp3) is 0.333. The number of pyridine rings is 1. The van der Waals surface area contributed by atoms with E-state index in [1.807, 2.05) is 0 Å². The molecule has 0 saturated heterocycles. The highest BCUT2D eigenvalue weighted by Crippen LogP contribution is 2.30. The summed E-state index contributed by atoms with van der Waals surface area (Å²) < 4.78 is 66.5. The summed E-state index contributed by atoms with van der Waals surface area (Å²) in [4.78, 5) is 23.7. The number of hydrogen-bond acceptors (Lipinski definition) is 5. The van der Waals surface area contributed by atoms with E-state index in [0.717, 1.165) is 6.26 Å². The summed E-state index contributed by atoms with van der Waals surface area (Å²) in [6, 6.07) is 8.64. The molecule has 158 valence electrons. The Morgan fingerprint density at radius 2 is 1.90 bits per heavy atom. The maximum Gasteiger partial charge on any atom is 0.422 e. The van der Waals surface area contributed by atoms with Crippen molar-refractivity contribution in [3.05, 3.63) is 52.9 Å². The number of carbonyl (C=O) groups excluding carboxylic acids is 1. The summed E-state index contributed by atoms with van der Waals surface area (Å²) in [7, 11) is -3.72. The third kappa shape index (κ3) is 6.34. The second-order valence-electron chi connectivity index (χ2n) is 6.36. The van der Waals surface area contributed by atoms with Gasteiger partial charge >= 0.3 is 6.18 Å². The van der Waals surface area contributed by atoms with Gasteiger partial charge in [0.15, 0.2) is 16.4 Å². The fourth-order valence-electron chi connectivity index (χ4n) is 2.67. The minimum atomic E-state index is -4.51. The zero-order valence-corrected chi connectivity index (χ0v) is 16.2. The Morgan fingerprint density at radius 3 is 2.45 bits per heavy atom. The minimum absolute atomic E-state index is 0.0344. The normalized spacial score (nSPS) is 13.1. The second kappa shape index (κ2) is 8.68. The van der Waals surface area contributed by atoms with E-state index in [2.05, 4.69) is 0 Å². The first-order valence-corrected chi connectivity index (χ1v) is 10.3. The Labute approximate surface area is 164 Å². The molecule has 1 aromatic carbocycles. The van der Waals surface area contributed by atoms with Crippen LogP contribution in [-0.2, 0) is 21.2 Å². The number of benzene rings is 1. The number of halogens is 3. The largest absolute Gasteiger partial charge is 0.483 e. The van der Waals surface area contributed by atoms with Crippen LogP contribution in [0, 0.1) is 0 Å². The molecule has 1 heterocycles. The van der Waals surface area contributed by atoms with E-state index in [9.17, 15) is 31.2 Å². The third-order valence-corrected chi connectivity index (χ3v) is 5.55. The molecule has 0 saturated carbocycles. The van der Waals surface area contributed by atoms with Crippen LogP contribution in [0.5, 0.6) is 5.75 Å². The van der Waals surface area contributed by atoms with Crippen molar-refractivity contribution in [3.8, 4) is 16.9 Å². The number of sulfone groups is 1. The van der Waals surface area contributed by atoms with Crippen molar-refractivity contribution in [1.82, 2.24) is 4.57 Å². The molecule has 0 bridgehead atoms. The number of rotatable bonds is 8. The van der Waals surface area contributed by atoms with E-state index in [1.165, 1.54) is 41.1 Å². The summed E-state index contributed by atoms with van der Waals surface area (Å²) in [5.74, 6) is -1.04. The molecule has 2 rings (SSSR count). The van der Waals surface area contributed by atoms with Gasteiger partial charge in [0, 0.05) is 30.6 Å². The topological polar surface area (TPSA) is 108 Å². The molecular formula is C18H19F3N2O5S. The third-order valence-electron chi connectivity index (χ3n) is 4.05. The molecule has 1 atom stereocenters. The van der Waals surface area contributed by atoms with Crippen LogP contribution in [0.3, 0.4) is 0 Å². The van der Waals surface area contributed by atoms with Crippen molar-refractivity contribution in [2.24, 2.45) is 5.73 Å². The Hall–Kier alpha value is -2.82.